The summed E-state index contributed by atoms with van der Waals surface area (Å²) >= 11 is 2.37. The molecule has 6 rings (SSSR count). The Bertz CT molecular complexity index is 2070. The first-order chi connectivity index (χ1) is 34.8. The highest BCUT2D eigenvalue weighted by atomic mass is 32.2. The highest BCUT2D eigenvalue weighted by Gasteiger charge is 2.39. The molecule has 14 nitrogen and oxygen atoms in total. The van der Waals surface area contributed by atoms with Crippen molar-refractivity contribution in [3.8, 4) is 17.6 Å². The van der Waals surface area contributed by atoms with Gasteiger partial charge >= 0.3 is 35.8 Å². The summed E-state index contributed by atoms with van der Waals surface area (Å²) in [7, 11) is 0. The summed E-state index contributed by atoms with van der Waals surface area (Å²) in [5.74, 6) is 0.603. The molecule has 4 saturated carbocycles. The second-order valence-corrected chi connectivity index (χ2v) is 22.8. The van der Waals surface area contributed by atoms with E-state index in [-0.39, 0.29) is 65.1 Å². The van der Waals surface area contributed by atoms with Crippen molar-refractivity contribution in [3.05, 3.63) is 58.8 Å². The minimum Gasteiger partial charge on any atom is -0.465 e. The van der Waals surface area contributed by atoms with Crippen LogP contribution in [0.25, 0.3) is 4.85 Å². The van der Waals surface area contributed by atoms with Gasteiger partial charge in [0.15, 0.2) is 0 Å². The molecule has 4 fully saturated rings. The second-order valence-electron chi connectivity index (χ2n) is 20.5. The van der Waals surface area contributed by atoms with Gasteiger partial charge in [-0.2, -0.15) is 0 Å². The van der Waals surface area contributed by atoms with Crippen molar-refractivity contribution >= 4 is 59.3 Å². The third-order valence-electron chi connectivity index (χ3n) is 15.8. The molecule has 390 valence electrons. The van der Waals surface area contributed by atoms with Crippen LogP contribution in [0.1, 0.15) is 142 Å². The van der Waals surface area contributed by atoms with Crippen molar-refractivity contribution in [2.24, 2.45) is 59.2 Å². The molecule has 0 spiro atoms. The minimum atomic E-state index is -0.436. The highest BCUT2D eigenvalue weighted by molar-refractivity contribution is 8.24. The van der Waals surface area contributed by atoms with Gasteiger partial charge in [0.2, 0.25) is 0 Å². The number of carbonyl (C=O) groups is 6. The van der Waals surface area contributed by atoms with E-state index in [0.29, 0.717) is 127 Å². The predicted octanol–water partition coefficient (Wildman–Crippen LogP) is 11.9. The fourth-order valence-corrected chi connectivity index (χ4v) is 13.5. The van der Waals surface area contributed by atoms with Gasteiger partial charge < -0.3 is 28.4 Å². The Kier molecular flexibility index (Phi) is 22.2. The van der Waals surface area contributed by atoms with Gasteiger partial charge in [-0.25, -0.2) is 19.7 Å². The van der Waals surface area contributed by atoms with Gasteiger partial charge in [0.1, 0.15) is 11.5 Å². The largest absolute Gasteiger partial charge is 0.465 e. The minimum absolute atomic E-state index is 0.0802. The predicted molar refractivity (Wildman–Crippen MR) is 271 cm³/mol. The maximum atomic E-state index is 13.7. The van der Waals surface area contributed by atoms with Crippen LogP contribution >= 0.6 is 23.5 Å². The number of allylic oxidation sites excluding steroid dienone is 1. The van der Waals surface area contributed by atoms with Gasteiger partial charge in [0, 0.05) is 12.2 Å². The number of nitriles is 1. The number of ether oxygens (including phenoxy) is 6. The number of carbonyl (C=O) groups excluding carboxylic acids is 6. The third-order valence-corrected chi connectivity index (χ3v) is 18.4. The van der Waals surface area contributed by atoms with Crippen molar-refractivity contribution in [2.75, 3.05) is 26.4 Å². The highest BCUT2D eigenvalue weighted by Crippen LogP contribution is 2.59. The van der Waals surface area contributed by atoms with Gasteiger partial charge in [-0.1, -0.05) is 50.5 Å². The summed E-state index contributed by atoms with van der Waals surface area (Å²) in [5, 5.41) is 9.73. The molecule has 1 aromatic rings. The molecule has 0 aromatic heterocycles. The quantitative estimate of drug-likeness (QED) is 0.0266. The van der Waals surface area contributed by atoms with E-state index in [9.17, 15) is 34.0 Å². The Labute approximate surface area is 433 Å². The molecule has 16 heteroatoms. The second kappa shape index (κ2) is 28.4. The number of fused-ring (bicyclic) bond motifs is 1. The fraction of sp³-hybridized carbons (Fsp3) is 0.643. The summed E-state index contributed by atoms with van der Waals surface area (Å²) in [6.07, 6.45) is 18.6. The number of esters is 6. The first-order valence-electron chi connectivity index (χ1n) is 26.2. The first-order valence-corrected chi connectivity index (χ1v) is 27.8. The Balaban J connectivity index is 0.922. The SMILES string of the molecule is [C-]#[N+]C(C#N)=C1Sc2c(OC(=O)C3CCC(C4CCC(C(=O)OCCC(C)CCOC(=O)C=C)CC4)CC3)ccc(OC(=O)C3CCC(C4CCC(C(=O)OCCC(C)CCOC(=O)C=C)CC4)CC3)c2S1. The van der Waals surface area contributed by atoms with E-state index in [2.05, 4.69) is 18.0 Å². The van der Waals surface area contributed by atoms with Crippen molar-refractivity contribution in [2.45, 2.75) is 152 Å². The average molecular weight is 1030 g/mol. The molecule has 2 atom stereocenters. The number of benzene rings is 1. The normalized spacial score (nSPS) is 25.6. The summed E-state index contributed by atoms with van der Waals surface area (Å²) in [6.45, 7) is 19.8. The number of thioether (sulfide) groups is 2. The van der Waals surface area contributed by atoms with Gasteiger partial charge in [-0.05, 0) is 176 Å². The van der Waals surface area contributed by atoms with Crippen LogP contribution in [0.15, 0.2) is 57.2 Å². The van der Waals surface area contributed by atoms with Crippen LogP contribution in [0.3, 0.4) is 0 Å². The van der Waals surface area contributed by atoms with Crippen molar-refractivity contribution in [1.29, 1.82) is 5.26 Å². The lowest BCUT2D eigenvalue weighted by atomic mass is 9.69. The van der Waals surface area contributed by atoms with E-state index in [1.54, 1.807) is 12.1 Å². The molecular formula is C56H72N2O12S2. The Morgan fingerprint density at radius 1 is 0.569 bits per heavy atom. The molecule has 0 amide bonds. The van der Waals surface area contributed by atoms with Crippen LogP contribution in [-0.4, -0.2) is 62.2 Å². The molecule has 4 aliphatic carbocycles. The van der Waals surface area contributed by atoms with Gasteiger partial charge in [-0.15, -0.1) is 0 Å². The molecule has 72 heavy (non-hydrogen) atoms. The summed E-state index contributed by atoms with van der Waals surface area (Å²) < 4.78 is 34.0. The zero-order chi connectivity index (χ0) is 51.6. The van der Waals surface area contributed by atoms with E-state index in [4.69, 9.17) is 35.0 Å². The molecule has 5 aliphatic rings. The topological polar surface area (TPSA) is 186 Å². The summed E-state index contributed by atoms with van der Waals surface area (Å²) in [6, 6.07) is 5.26. The van der Waals surface area contributed by atoms with Crippen LogP contribution in [0, 0.1) is 77.1 Å². The Morgan fingerprint density at radius 2 is 0.875 bits per heavy atom. The third kappa shape index (κ3) is 16.2. The average Bonchev–Trinajstić information content (AvgIpc) is 3.85. The molecule has 0 N–H and O–H groups in total. The van der Waals surface area contributed by atoms with Crippen molar-refractivity contribution < 1.29 is 57.2 Å². The standard InChI is InChI=1S/C56H72N2O12S2/c1-6-48(59)65-30-26-35(3)28-32-67-52(61)41-16-8-37(9-17-41)39-12-20-43(21-13-39)54(63)69-46-24-25-47(51-50(46)71-56(72-51)45(34-57)58-5)70-55(64)44-22-14-40(15-23-44)38-10-18-42(19-11-38)53(62)68-33-29-36(4)27-31-66-49(60)7-2/h6-7,24-25,35-44H,1-2,8-23,26-33H2,3-4H3. The van der Waals surface area contributed by atoms with Crippen LogP contribution in [0.2, 0.25) is 0 Å². The van der Waals surface area contributed by atoms with Crippen LogP contribution in [0.4, 0.5) is 0 Å². The summed E-state index contributed by atoms with van der Waals surface area (Å²) in [4.78, 5) is 80.2. The zero-order valence-electron chi connectivity index (χ0n) is 42.1. The van der Waals surface area contributed by atoms with Crippen molar-refractivity contribution in [1.82, 2.24) is 0 Å². The number of hydrogen-bond donors (Lipinski definition) is 0. The van der Waals surface area contributed by atoms with E-state index < -0.39 is 11.9 Å². The Hall–Kier alpha value is -5.06. The molecule has 0 radical (unpaired) electrons. The van der Waals surface area contributed by atoms with Crippen molar-refractivity contribution in [3.63, 3.8) is 0 Å². The van der Waals surface area contributed by atoms with Gasteiger partial charge in [0.25, 0.3) is 5.70 Å². The molecule has 1 aromatic carbocycles. The number of nitrogens with zero attached hydrogens (tertiary/aromatic N) is 2. The summed E-state index contributed by atoms with van der Waals surface area (Å²) in [5.41, 5.74) is -0.0802. The van der Waals surface area contributed by atoms with Gasteiger partial charge in [0.05, 0.1) is 76.8 Å². The van der Waals surface area contributed by atoms with E-state index in [1.165, 1.54) is 23.5 Å². The maximum Gasteiger partial charge on any atom is 0.330 e. The van der Waals surface area contributed by atoms with Gasteiger partial charge in [-0.3, -0.25) is 19.2 Å². The van der Waals surface area contributed by atoms with Crippen LogP contribution in [-0.2, 0) is 47.7 Å². The lowest BCUT2D eigenvalue weighted by Gasteiger charge is -2.37. The first kappa shape index (κ1) is 56.2. The number of hydrogen-bond acceptors (Lipinski definition) is 15. The van der Waals surface area contributed by atoms with E-state index >= 15 is 0 Å². The van der Waals surface area contributed by atoms with Crippen LogP contribution in [0.5, 0.6) is 11.5 Å². The monoisotopic (exact) mass is 1030 g/mol. The lowest BCUT2D eigenvalue weighted by molar-refractivity contribution is -0.151. The fourth-order valence-electron chi connectivity index (χ4n) is 11.1. The maximum absolute atomic E-state index is 13.7. The van der Waals surface area contributed by atoms with E-state index in [1.807, 2.05) is 19.9 Å². The molecule has 1 aliphatic heterocycles. The number of rotatable bonds is 22. The smallest absolute Gasteiger partial charge is 0.330 e. The molecule has 1 heterocycles. The lowest BCUT2D eigenvalue weighted by Crippen LogP contribution is -2.32. The molecule has 2 unspecified atom stereocenters. The van der Waals surface area contributed by atoms with Crippen LogP contribution < -0.4 is 9.47 Å². The molecule has 0 saturated heterocycles. The Morgan fingerprint density at radius 3 is 1.17 bits per heavy atom. The molecular weight excluding hydrogens is 957 g/mol. The molecule has 0 bridgehead atoms. The zero-order valence-corrected chi connectivity index (χ0v) is 43.7. The van der Waals surface area contributed by atoms with E-state index in [0.717, 1.165) is 89.2 Å².